The quantitative estimate of drug-likeness (QED) is 0.429. The summed E-state index contributed by atoms with van der Waals surface area (Å²) in [4.78, 5) is 26.7. The van der Waals surface area contributed by atoms with E-state index in [4.69, 9.17) is 4.98 Å². The number of amides is 1. The monoisotopic (exact) mass is 481 g/mol. The van der Waals surface area contributed by atoms with Crippen LogP contribution in [0, 0.1) is 6.92 Å². The smallest absolute Gasteiger partial charge is 0.253 e. The number of nitrogens with zero attached hydrogens (tertiary/aromatic N) is 4. The zero-order valence-corrected chi connectivity index (χ0v) is 21.9. The van der Waals surface area contributed by atoms with Crippen molar-refractivity contribution in [2.24, 2.45) is 0 Å². The van der Waals surface area contributed by atoms with Gasteiger partial charge in [-0.3, -0.25) is 9.69 Å². The number of aromatic nitrogens is 2. The van der Waals surface area contributed by atoms with Crippen LogP contribution >= 0.6 is 0 Å². The summed E-state index contributed by atoms with van der Waals surface area (Å²) in [6.07, 6.45) is 5.08. The molecule has 1 aliphatic rings. The van der Waals surface area contributed by atoms with Crippen molar-refractivity contribution in [3.63, 3.8) is 0 Å². The van der Waals surface area contributed by atoms with Crippen molar-refractivity contribution >= 4 is 16.9 Å². The van der Waals surface area contributed by atoms with Crippen LogP contribution in [0.25, 0.3) is 33.3 Å². The van der Waals surface area contributed by atoms with Gasteiger partial charge >= 0.3 is 0 Å². The van der Waals surface area contributed by atoms with Crippen LogP contribution in [0.5, 0.6) is 0 Å². The number of hydrogen-bond acceptors (Lipinski definition) is 4. The fraction of sp³-hybridized carbons (Fsp3) is 0.333. The summed E-state index contributed by atoms with van der Waals surface area (Å²) >= 11 is 0. The predicted octanol–water partition coefficient (Wildman–Crippen LogP) is 4.83. The van der Waals surface area contributed by atoms with Crippen LogP contribution in [0.4, 0.5) is 0 Å². The third kappa shape index (κ3) is 4.79. The van der Waals surface area contributed by atoms with E-state index in [2.05, 4.69) is 54.0 Å². The Kier molecular flexibility index (Phi) is 6.65. The molecule has 3 heterocycles. The van der Waals surface area contributed by atoms with Crippen LogP contribution in [0.2, 0.25) is 0 Å². The highest BCUT2D eigenvalue weighted by atomic mass is 16.2. The SMILES string of the molecule is Cc1cc(-c2cnc3[nH]cc(-c4ccc(C(=O)N(C)C)cc4)c3c2)cc2c1CCN(CCN(C)C)C2. The first kappa shape index (κ1) is 24.2. The third-order valence-corrected chi connectivity index (χ3v) is 7.21. The molecule has 1 amide bonds. The maximum Gasteiger partial charge on any atom is 0.253 e. The molecule has 0 fully saturated rings. The van der Waals surface area contributed by atoms with Gasteiger partial charge in [-0.05, 0) is 79.5 Å². The first-order valence-corrected chi connectivity index (χ1v) is 12.6. The molecule has 186 valence electrons. The van der Waals surface area contributed by atoms with Gasteiger partial charge in [0, 0.05) is 74.7 Å². The molecule has 6 heteroatoms. The van der Waals surface area contributed by atoms with E-state index in [-0.39, 0.29) is 5.91 Å². The van der Waals surface area contributed by atoms with Crippen molar-refractivity contribution in [2.45, 2.75) is 19.9 Å². The number of hydrogen-bond donors (Lipinski definition) is 1. The molecule has 1 aliphatic heterocycles. The number of likely N-dealkylation sites (N-methyl/N-ethyl adjacent to an activating group) is 1. The molecule has 0 radical (unpaired) electrons. The summed E-state index contributed by atoms with van der Waals surface area (Å²) in [7, 11) is 7.81. The molecule has 36 heavy (non-hydrogen) atoms. The minimum Gasteiger partial charge on any atom is -0.346 e. The molecule has 0 atom stereocenters. The lowest BCUT2D eigenvalue weighted by molar-refractivity contribution is 0.0827. The third-order valence-electron chi connectivity index (χ3n) is 7.21. The minimum atomic E-state index is 0.00693. The Morgan fingerprint density at radius 1 is 1.03 bits per heavy atom. The lowest BCUT2D eigenvalue weighted by Crippen LogP contribution is -2.36. The van der Waals surface area contributed by atoms with Crippen molar-refractivity contribution in [2.75, 3.05) is 47.8 Å². The molecule has 0 bridgehead atoms. The second kappa shape index (κ2) is 9.88. The molecular formula is C30H35N5O. The molecule has 0 aliphatic carbocycles. The number of aryl methyl sites for hydroxylation is 1. The van der Waals surface area contributed by atoms with Gasteiger partial charge in [0.05, 0.1) is 0 Å². The lowest BCUT2D eigenvalue weighted by atomic mass is 9.90. The highest BCUT2D eigenvalue weighted by molar-refractivity contribution is 5.98. The zero-order chi connectivity index (χ0) is 25.4. The Balaban J connectivity index is 1.47. The summed E-state index contributed by atoms with van der Waals surface area (Å²) in [5.41, 5.74) is 10.4. The number of H-pyrrole nitrogens is 1. The molecule has 6 nitrogen and oxygen atoms in total. The Bertz CT molecular complexity index is 1400. The fourth-order valence-corrected chi connectivity index (χ4v) is 5.13. The number of fused-ring (bicyclic) bond motifs is 2. The second-order valence-electron chi connectivity index (χ2n) is 10.4. The van der Waals surface area contributed by atoms with Crippen molar-refractivity contribution in [3.8, 4) is 22.3 Å². The number of nitrogens with one attached hydrogen (secondary N) is 1. The second-order valence-corrected chi connectivity index (χ2v) is 10.4. The highest BCUT2D eigenvalue weighted by Crippen LogP contribution is 2.33. The maximum absolute atomic E-state index is 12.3. The molecule has 4 aromatic rings. The standard InChI is InChI=1S/C30H35N5O/c1-20-14-23(15-25-19-35(11-10-26(20)25)13-12-33(2)3)24-16-27-28(18-32-29(27)31-17-24)21-6-8-22(9-7-21)30(36)34(4)5/h6-9,14-18H,10-13,19H2,1-5H3,(H,31,32). The number of aromatic amines is 1. The van der Waals surface area contributed by atoms with Crippen molar-refractivity contribution in [1.29, 1.82) is 0 Å². The molecule has 2 aromatic heterocycles. The van der Waals surface area contributed by atoms with Crippen LogP contribution in [0.15, 0.2) is 54.9 Å². The van der Waals surface area contributed by atoms with Gasteiger partial charge in [-0.25, -0.2) is 4.98 Å². The van der Waals surface area contributed by atoms with Gasteiger partial charge in [0.1, 0.15) is 5.65 Å². The molecule has 0 unspecified atom stereocenters. The molecule has 0 spiro atoms. The molecule has 0 saturated carbocycles. The summed E-state index contributed by atoms with van der Waals surface area (Å²) in [6, 6.07) is 14.7. The van der Waals surface area contributed by atoms with Gasteiger partial charge in [-0.2, -0.15) is 0 Å². The summed E-state index contributed by atoms with van der Waals surface area (Å²) < 4.78 is 0. The van der Waals surface area contributed by atoms with E-state index >= 15 is 0 Å². The first-order chi connectivity index (χ1) is 17.3. The molecule has 2 aromatic carbocycles. The van der Waals surface area contributed by atoms with E-state index in [0.29, 0.717) is 5.56 Å². The van der Waals surface area contributed by atoms with E-state index in [1.807, 2.05) is 36.7 Å². The largest absolute Gasteiger partial charge is 0.346 e. The van der Waals surface area contributed by atoms with Gasteiger partial charge in [-0.15, -0.1) is 0 Å². The van der Waals surface area contributed by atoms with Crippen LogP contribution in [-0.4, -0.2) is 78.4 Å². The molecule has 0 saturated heterocycles. The predicted molar refractivity (Wildman–Crippen MR) is 147 cm³/mol. The molecular weight excluding hydrogens is 446 g/mol. The maximum atomic E-state index is 12.3. The molecule has 1 N–H and O–H groups in total. The van der Waals surface area contributed by atoms with E-state index in [9.17, 15) is 4.79 Å². The van der Waals surface area contributed by atoms with Crippen LogP contribution in [-0.2, 0) is 13.0 Å². The number of benzene rings is 2. The van der Waals surface area contributed by atoms with Gasteiger partial charge in [0.15, 0.2) is 0 Å². The Morgan fingerprint density at radius 2 is 1.81 bits per heavy atom. The van der Waals surface area contributed by atoms with Gasteiger partial charge in [0.25, 0.3) is 5.91 Å². The fourth-order valence-electron chi connectivity index (χ4n) is 5.13. The van der Waals surface area contributed by atoms with E-state index in [1.165, 1.54) is 22.3 Å². The van der Waals surface area contributed by atoms with E-state index in [1.54, 1.807) is 19.0 Å². The first-order valence-electron chi connectivity index (χ1n) is 12.6. The van der Waals surface area contributed by atoms with Gasteiger partial charge < -0.3 is 14.8 Å². The summed E-state index contributed by atoms with van der Waals surface area (Å²) in [5, 5.41) is 1.09. The van der Waals surface area contributed by atoms with E-state index in [0.717, 1.165) is 60.3 Å². The van der Waals surface area contributed by atoms with Crippen LogP contribution < -0.4 is 0 Å². The average Bonchev–Trinajstić information content (AvgIpc) is 3.30. The number of pyridine rings is 1. The average molecular weight is 482 g/mol. The van der Waals surface area contributed by atoms with Crippen LogP contribution in [0.3, 0.4) is 0 Å². The Hall–Kier alpha value is -3.48. The van der Waals surface area contributed by atoms with Crippen molar-refractivity contribution in [1.82, 2.24) is 24.7 Å². The van der Waals surface area contributed by atoms with Crippen molar-refractivity contribution < 1.29 is 4.79 Å². The van der Waals surface area contributed by atoms with Gasteiger partial charge in [-0.1, -0.05) is 18.2 Å². The Morgan fingerprint density at radius 3 is 2.53 bits per heavy atom. The molecule has 5 rings (SSSR count). The normalized spacial score (nSPS) is 13.8. The Labute approximate surface area is 213 Å². The summed E-state index contributed by atoms with van der Waals surface area (Å²) in [5.74, 6) is 0.00693. The lowest BCUT2D eigenvalue weighted by Gasteiger charge is -2.31. The number of carbonyl (C=O) groups is 1. The van der Waals surface area contributed by atoms with E-state index < -0.39 is 0 Å². The minimum absolute atomic E-state index is 0.00693. The van der Waals surface area contributed by atoms with Crippen molar-refractivity contribution in [3.05, 3.63) is 77.1 Å². The van der Waals surface area contributed by atoms with Gasteiger partial charge in [0.2, 0.25) is 0 Å². The van der Waals surface area contributed by atoms with Crippen LogP contribution in [0.1, 0.15) is 27.0 Å². The number of rotatable bonds is 6. The number of carbonyl (C=O) groups excluding carboxylic acids is 1. The highest BCUT2D eigenvalue weighted by Gasteiger charge is 2.19. The zero-order valence-electron chi connectivity index (χ0n) is 21.9. The topological polar surface area (TPSA) is 55.5 Å². The summed E-state index contributed by atoms with van der Waals surface area (Å²) in [6.45, 7) is 6.53.